The zero-order valence-electron chi connectivity index (χ0n) is 13.9. The average Bonchev–Trinajstić information content (AvgIpc) is 2.53. The van der Waals surface area contributed by atoms with Crippen LogP contribution in [0, 0.1) is 0 Å². The first-order valence-corrected chi connectivity index (χ1v) is 8.38. The van der Waals surface area contributed by atoms with Gasteiger partial charge in [0.2, 0.25) is 5.91 Å². The molecule has 0 spiro atoms. The molecule has 0 radical (unpaired) electrons. The van der Waals surface area contributed by atoms with Crippen LogP contribution in [0.4, 0.5) is 11.4 Å². The van der Waals surface area contributed by atoms with Crippen molar-refractivity contribution in [2.24, 2.45) is 0 Å². The second kappa shape index (κ2) is 8.38. The average molecular weight is 366 g/mol. The lowest BCUT2D eigenvalue weighted by Gasteiger charge is -2.16. The van der Waals surface area contributed by atoms with Crippen LogP contribution in [0.15, 0.2) is 42.5 Å². The van der Waals surface area contributed by atoms with Crippen LogP contribution in [0.25, 0.3) is 0 Å². The lowest BCUT2D eigenvalue weighted by Crippen LogP contribution is -2.30. The van der Waals surface area contributed by atoms with Crippen LogP contribution in [0.5, 0.6) is 0 Å². The highest BCUT2D eigenvalue weighted by atomic mass is 35.5. The molecule has 6 heteroatoms. The van der Waals surface area contributed by atoms with Crippen molar-refractivity contribution in [3.63, 3.8) is 0 Å². The number of anilines is 2. The Kier molecular flexibility index (Phi) is 6.49. The molecular formula is C18H21Cl2N3O. The van der Waals surface area contributed by atoms with E-state index in [1.54, 1.807) is 12.1 Å². The van der Waals surface area contributed by atoms with E-state index >= 15 is 0 Å². The molecule has 0 aliphatic heterocycles. The minimum atomic E-state index is -0.107. The minimum Gasteiger partial charge on any atom is -0.378 e. The number of amides is 1. The Morgan fingerprint density at radius 2 is 1.79 bits per heavy atom. The number of carbonyl (C=O) groups excluding carboxylic acids is 1. The van der Waals surface area contributed by atoms with Gasteiger partial charge in [-0.15, -0.1) is 0 Å². The van der Waals surface area contributed by atoms with E-state index in [4.69, 9.17) is 23.2 Å². The van der Waals surface area contributed by atoms with Crippen molar-refractivity contribution in [1.82, 2.24) is 5.32 Å². The minimum absolute atomic E-state index is 0.0587. The Morgan fingerprint density at radius 3 is 2.38 bits per heavy atom. The van der Waals surface area contributed by atoms with E-state index in [-0.39, 0.29) is 18.5 Å². The van der Waals surface area contributed by atoms with Crippen molar-refractivity contribution in [2.75, 3.05) is 30.9 Å². The van der Waals surface area contributed by atoms with Crippen LogP contribution >= 0.6 is 23.2 Å². The van der Waals surface area contributed by atoms with Crippen molar-refractivity contribution in [2.45, 2.75) is 13.0 Å². The fourth-order valence-corrected chi connectivity index (χ4v) is 2.83. The maximum Gasteiger partial charge on any atom is 0.238 e. The van der Waals surface area contributed by atoms with E-state index in [0.29, 0.717) is 10.0 Å². The van der Waals surface area contributed by atoms with Gasteiger partial charge in [-0.3, -0.25) is 4.79 Å². The van der Waals surface area contributed by atoms with Gasteiger partial charge >= 0.3 is 0 Å². The summed E-state index contributed by atoms with van der Waals surface area (Å²) >= 11 is 12.1. The van der Waals surface area contributed by atoms with Crippen molar-refractivity contribution in [3.8, 4) is 0 Å². The summed E-state index contributed by atoms with van der Waals surface area (Å²) in [5, 5.41) is 7.20. The van der Waals surface area contributed by atoms with E-state index < -0.39 is 0 Å². The maximum absolute atomic E-state index is 12.1. The number of nitrogens with one attached hydrogen (secondary N) is 2. The second-order valence-electron chi connectivity index (χ2n) is 5.76. The standard InChI is InChI=1S/C18H21Cl2N3O/c1-12(16-9-4-13(19)10-17(16)20)21-11-18(24)22-14-5-7-15(8-6-14)23(2)3/h4-10,12,21H,11H2,1-3H3,(H,22,24). The van der Waals surface area contributed by atoms with Gasteiger partial charge in [0.05, 0.1) is 6.54 Å². The molecule has 1 atom stereocenters. The molecule has 0 heterocycles. The predicted molar refractivity (Wildman–Crippen MR) is 102 cm³/mol. The number of carbonyl (C=O) groups is 1. The summed E-state index contributed by atoms with van der Waals surface area (Å²) in [6, 6.07) is 13.0. The summed E-state index contributed by atoms with van der Waals surface area (Å²) in [6.07, 6.45) is 0. The zero-order valence-corrected chi connectivity index (χ0v) is 15.4. The van der Waals surface area contributed by atoms with Crippen LogP contribution in [-0.4, -0.2) is 26.5 Å². The predicted octanol–water partition coefficient (Wildman–Crippen LogP) is 4.35. The van der Waals surface area contributed by atoms with E-state index in [2.05, 4.69) is 10.6 Å². The number of hydrogen-bond acceptors (Lipinski definition) is 3. The van der Waals surface area contributed by atoms with Crippen molar-refractivity contribution >= 4 is 40.5 Å². The monoisotopic (exact) mass is 365 g/mol. The molecule has 0 saturated heterocycles. The smallest absolute Gasteiger partial charge is 0.238 e. The third-order valence-electron chi connectivity index (χ3n) is 3.67. The number of nitrogens with zero attached hydrogens (tertiary/aromatic N) is 1. The molecule has 2 N–H and O–H groups in total. The van der Waals surface area contributed by atoms with Crippen LogP contribution in [0.2, 0.25) is 10.0 Å². The molecule has 2 aromatic carbocycles. The molecule has 0 aromatic heterocycles. The molecule has 0 aliphatic rings. The molecule has 128 valence electrons. The van der Waals surface area contributed by atoms with Gasteiger partial charge in [0.1, 0.15) is 0 Å². The Balaban J connectivity index is 1.88. The van der Waals surface area contributed by atoms with E-state index in [1.165, 1.54) is 0 Å². The number of halogens is 2. The summed E-state index contributed by atoms with van der Waals surface area (Å²) in [4.78, 5) is 14.1. The Labute approximate surface area is 152 Å². The summed E-state index contributed by atoms with van der Waals surface area (Å²) in [6.45, 7) is 2.14. The molecule has 0 saturated carbocycles. The van der Waals surface area contributed by atoms with Gasteiger partial charge in [-0.25, -0.2) is 0 Å². The van der Waals surface area contributed by atoms with Crippen LogP contribution in [0.3, 0.4) is 0 Å². The van der Waals surface area contributed by atoms with Gasteiger partial charge in [-0.05, 0) is 48.9 Å². The molecule has 0 aliphatic carbocycles. The third kappa shape index (κ3) is 5.13. The van der Waals surface area contributed by atoms with Gasteiger partial charge in [0.15, 0.2) is 0 Å². The van der Waals surface area contributed by atoms with Gasteiger partial charge in [-0.1, -0.05) is 29.3 Å². The largest absolute Gasteiger partial charge is 0.378 e. The topological polar surface area (TPSA) is 44.4 Å². The fourth-order valence-electron chi connectivity index (χ4n) is 2.26. The molecule has 1 amide bonds. The lowest BCUT2D eigenvalue weighted by molar-refractivity contribution is -0.115. The summed E-state index contributed by atoms with van der Waals surface area (Å²) in [5.74, 6) is -0.107. The Hall–Kier alpha value is -1.75. The van der Waals surface area contributed by atoms with Gasteiger partial charge < -0.3 is 15.5 Å². The van der Waals surface area contributed by atoms with Crippen molar-refractivity contribution < 1.29 is 4.79 Å². The summed E-state index contributed by atoms with van der Waals surface area (Å²) in [5.41, 5.74) is 2.76. The molecule has 1 unspecified atom stereocenters. The highest BCUT2D eigenvalue weighted by molar-refractivity contribution is 6.35. The first kappa shape index (κ1) is 18.6. The SMILES string of the molecule is CC(NCC(=O)Nc1ccc(N(C)C)cc1)c1ccc(Cl)cc1Cl. The quantitative estimate of drug-likeness (QED) is 0.799. The summed E-state index contributed by atoms with van der Waals surface area (Å²) < 4.78 is 0. The Bertz CT molecular complexity index is 702. The van der Waals surface area contributed by atoms with Gasteiger partial charge in [0, 0.05) is 41.6 Å². The second-order valence-corrected chi connectivity index (χ2v) is 6.60. The first-order valence-electron chi connectivity index (χ1n) is 7.62. The van der Waals surface area contributed by atoms with Crippen molar-refractivity contribution in [1.29, 1.82) is 0 Å². The van der Waals surface area contributed by atoms with Crippen LogP contribution in [0.1, 0.15) is 18.5 Å². The molecular weight excluding hydrogens is 345 g/mol. The van der Waals surface area contributed by atoms with E-state index in [9.17, 15) is 4.79 Å². The highest BCUT2D eigenvalue weighted by Gasteiger charge is 2.11. The van der Waals surface area contributed by atoms with E-state index in [1.807, 2.05) is 56.3 Å². The van der Waals surface area contributed by atoms with Crippen LogP contribution in [-0.2, 0) is 4.79 Å². The number of rotatable bonds is 6. The fraction of sp³-hybridized carbons (Fsp3) is 0.278. The Morgan fingerprint density at radius 1 is 1.12 bits per heavy atom. The molecule has 4 nitrogen and oxygen atoms in total. The van der Waals surface area contributed by atoms with Gasteiger partial charge in [-0.2, -0.15) is 0 Å². The van der Waals surface area contributed by atoms with Gasteiger partial charge in [0.25, 0.3) is 0 Å². The molecule has 0 fully saturated rings. The normalized spacial score (nSPS) is 11.9. The maximum atomic E-state index is 12.1. The first-order chi connectivity index (χ1) is 11.4. The summed E-state index contributed by atoms with van der Waals surface area (Å²) in [7, 11) is 3.95. The molecule has 2 aromatic rings. The van der Waals surface area contributed by atoms with Crippen molar-refractivity contribution in [3.05, 3.63) is 58.1 Å². The van der Waals surface area contributed by atoms with Crippen LogP contribution < -0.4 is 15.5 Å². The zero-order chi connectivity index (χ0) is 17.7. The lowest BCUT2D eigenvalue weighted by atomic mass is 10.1. The third-order valence-corrected chi connectivity index (χ3v) is 4.23. The molecule has 24 heavy (non-hydrogen) atoms. The molecule has 2 rings (SSSR count). The number of hydrogen-bond donors (Lipinski definition) is 2. The number of benzene rings is 2. The van der Waals surface area contributed by atoms with E-state index in [0.717, 1.165) is 16.9 Å². The molecule has 0 bridgehead atoms. The highest BCUT2D eigenvalue weighted by Crippen LogP contribution is 2.26.